The Bertz CT molecular complexity index is 928. The zero-order chi connectivity index (χ0) is 21.3. The van der Waals surface area contributed by atoms with Crippen molar-refractivity contribution in [3.8, 4) is 0 Å². The Morgan fingerprint density at radius 2 is 1.60 bits per heavy atom. The molecule has 0 spiro atoms. The highest BCUT2D eigenvalue weighted by atomic mass is 16.2. The zero-order valence-corrected chi connectivity index (χ0v) is 16.8. The van der Waals surface area contributed by atoms with Crippen LogP contribution in [0.3, 0.4) is 0 Å². The van der Waals surface area contributed by atoms with E-state index in [9.17, 15) is 14.4 Å². The summed E-state index contributed by atoms with van der Waals surface area (Å²) in [6, 6.07) is 16.8. The lowest BCUT2D eigenvalue weighted by molar-refractivity contribution is -0.126. The molecule has 0 radical (unpaired) electrons. The van der Waals surface area contributed by atoms with E-state index < -0.39 is 0 Å². The molecule has 2 amide bonds. The van der Waals surface area contributed by atoms with E-state index in [1.54, 1.807) is 35.2 Å². The van der Waals surface area contributed by atoms with Gasteiger partial charge in [0.15, 0.2) is 5.78 Å². The second-order valence-electron chi connectivity index (χ2n) is 6.95. The minimum atomic E-state index is -0.305. The molecule has 1 fully saturated rings. The Kier molecular flexibility index (Phi) is 7.16. The second-order valence-corrected chi connectivity index (χ2v) is 6.95. The molecular weight excluding hydrogens is 378 g/mol. The molecule has 6 heteroatoms. The fourth-order valence-electron chi connectivity index (χ4n) is 3.25. The van der Waals surface area contributed by atoms with Gasteiger partial charge in [0.05, 0.1) is 0 Å². The van der Waals surface area contributed by atoms with Crippen LogP contribution in [-0.2, 0) is 9.59 Å². The minimum absolute atomic E-state index is 0.0713. The van der Waals surface area contributed by atoms with Crippen LogP contribution in [0.4, 0.5) is 11.4 Å². The number of nitrogens with one attached hydrogen (secondary N) is 1. The van der Waals surface area contributed by atoms with Crippen LogP contribution in [0.25, 0.3) is 0 Å². The highest BCUT2D eigenvalue weighted by Crippen LogP contribution is 2.16. The Hall–Kier alpha value is -3.67. The van der Waals surface area contributed by atoms with Gasteiger partial charge in [-0.3, -0.25) is 14.4 Å². The third kappa shape index (κ3) is 5.67. The fraction of sp³-hybridized carbons (Fsp3) is 0.208. The summed E-state index contributed by atoms with van der Waals surface area (Å²) in [5.41, 5.74) is 2.29. The number of para-hydroxylation sites is 1. The van der Waals surface area contributed by atoms with Crippen LogP contribution in [0.2, 0.25) is 0 Å². The fourth-order valence-corrected chi connectivity index (χ4v) is 3.25. The highest BCUT2D eigenvalue weighted by molar-refractivity contribution is 6.00. The Morgan fingerprint density at radius 3 is 2.23 bits per heavy atom. The predicted octanol–water partition coefficient (Wildman–Crippen LogP) is 3.29. The van der Waals surface area contributed by atoms with Gasteiger partial charge in [0.1, 0.15) is 0 Å². The summed E-state index contributed by atoms with van der Waals surface area (Å²) < 4.78 is 0. The zero-order valence-electron chi connectivity index (χ0n) is 16.8. The van der Waals surface area contributed by atoms with E-state index >= 15 is 0 Å². The molecule has 0 aromatic heterocycles. The number of benzene rings is 2. The average molecular weight is 403 g/mol. The van der Waals surface area contributed by atoms with Crippen molar-refractivity contribution in [2.24, 2.45) is 0 Å². The summed E-state index contributed by atoms with van der Waals surface area (Å²) in [5.74, 6) is -0.465. The maximum atomic E-state index is 12.4. The first-order chi connectivity index (χ1) is 14.6. The number of hydrogen-bond acceptors (Lipinski definition) is 4. The lowest BCUT2D eigenvalue weighted by atomic mass is 10.1. The van der Waals surface area contributed by atoms with E-state index in [2.05, 4.69) is 28.9 Å². The average Bonchev–Trinajstić information content (AvgIpc) is 2.80. The van der Waals surface area contributed by atoms with E-state index in [-0.39, 0.29) is 24.0 Å². The Balaban J connectivity index is 1.46. The number of carbonyl (C=O) groups is 3. The molecule has 2 aromatic rings. The van der Waals surface area contributed by atoms with Crippen molar-refractivity contribution >= 4 is 29.0 Å². The van der Waals surface area contributed by atoms with Crippen molar-refractivity contribution in [3.05, 3.63) is 85.0 Å². The summed E-state index contributed by atoms with van der Waals surface area (Å²) >= 11 is 0. The number of ketones is 1. The third-order valence-electron chi connectivity index (χ3n) is 4.94. The molecule has 0 bridgehead atoms. The van der Waals surface area contributed by atoms with E-state index in [1.807, 2.05) is 18.2 Å². The highest BCUT2D eigenvalue weighted by Gasteiger charge is 2.19. The predicted molar refractivity (Wildman–Crippen MR) is 119 cm³/mol. The smallest absolute Gasteiger partial charge is 0.247 e. The first kappa shape index (κ1) is 21.0. The lowest BCUT2D eigenvalue weighted by Gasteiger charge is -2.35. The second kappa shape index (κ2) is 10.2. The van der Waals surface area contributed by atoms with Crippen molar-refractivity contribution in [2.75, 3.05) is 36.4 Å². The number of hydrogen-bond donors (Lipinski definition) is 1. The van der Waals surface area contributed by atoms with Gasteiger partial charge in [-0.05, 0) is 48.6 Å². The van der Waals surface area contributed by atoms with Crippen molar-refractivity contribution < 1.29 is 14.4 Å². The van der Waals surface area contributed by atoms with E-state index in [0.717, 1.165) is 13.1 Å². The summed E-state index contributed by atoms with van der Waals surface area (Å²) in [4.78, 5) is 40.0. The maximum Gasteiger partial charge on any atom is 0.247 e. The van der Waals surface area contributed by atoms with Gasteiger partial charge in [0.25, 0.3) is 0 Å². The van der Waals surface area contributed by atoms with E-state index in [4.69, 9.17) is 0 Å². The SMILES string of the molecule is C=CC(=O)Nc1ccc(C(=O)C/C=C/C(=O)N2CCN(c3ccccc3)CC2)cc1. The quantitative estimate of drug-likeness (QED) is 0.569. The molecule has 1 aliphatic rings. The van der Waals surface area contributed by atoms with Crippen molar-refractivity contribution in [1.82, 2.24) is 4.90 Å². The van der Waals surface area contributed by atoms with Gasteiger partial charge in [-0.15, -0.1) is 0 Å². The molecule has 0 saturated carbocycles. The normalized spacial score (nSPS) is 13.9. The number of carbonyl (C=O) groups excluding carboxylic acids is 3. The molecule has 0 unspecified atom stereocenters. The van der Waals surface area contributed by atoms with E-state index in [1.165, 1.54) is 17.8 Å². The van der Waals surface area contributed by atoms with Gasteiger partial charge in [0, 0.05) is 49.5 Å². The Labute approximate surface area is 176 Å². The first-order valence-electron chi connectivity index (χ1n) is 9.89. The number of amides is 2. The molecule has 0 aliphatic carbocycles. The van der Waals surface area contributed by atoms with Gasteiger partial charge < -0.3 is 15.1 Å². The van der Waals surface area contributed by atoms with Crippen LogP contribution in [0, 0.1) is 0 Å². The number of allylic oxidation sites excluding steroid dienone is 1. The molecule has 1 N–H and O–H groups in total. The van der Waals surface area contributed by atoms with Crippen LogP contribution in [0.15, 0.2) is 79.4 Å². The standard InChI is InChI=1S/C24H25N3O3/c1-2-23(29)25-20-13-11-19(12-14-20)22(28)9-6-10-24(30)27-17-15-26(16-18-27)21-7-4-3-5-8-21/h2-8,10-14H,1,9,15-18H2,(H,25,29)/b10-6+. The Morgan fingerprint density at radius 1 is 0.933 bits per heavy atom. The topological polar surface area (TPSA) is 69.7 Å². The molecule has 30 heavy (non-hydrogen) atoms. The van der Waals surface area contributed by atoms with Gasteiger partial charge >= 0.3 is 0 Å². The summed E-state index contributed by atoms with van der Waals surface area (Å²) in [6.07, 6.45) is 4.42. The van der Waals surface area contributed by atoms with Crippen molar-refractivity contribution in [2.45, 2.75) is 6.42 Å². The van der Waals surface area contributed by atoms with Crippen LogP contribution < -0.4 is 10.2 Å². The van der Waals surface area contributed by atoms with Gasteiger partial charge in [0.2, 0.25) is 11.8 Å². The number of nitrogens with zero attached hydrogens (tertiary/aromatic N) is 2. The van der Waals surface area contributed by atoms with Crippen LogP contribution in [0.5, 0.6) is 0 Å². The van der Waals surface area contributed by atoms with Crippen LogP contribution >= 0.6 is 0 Å². The molecule has 2 aromatic carbocycles. The molecule has 1 heterocycles. The number of rotatable bonds is 7. The molecule has 1 aliphatic heterocycles. The maximum absolute atomic E-state index is 12.4. The number of anilines is 2. The summed E-state index contributed by atoms with van der Waals surface area (Å²) in [7, 11) is 0. The van der Waals surface area contributed by atoms with Gasteiger partial charge in [-0.1, -0.05) is 30.9 Å². The van der Waals surface area contributed by atoms with Crippen molar-refractivity contribution in [1.29, 1.82) is 0 Å². The van der Waals surface area contributed by atoms with Gasteiger partial charge in [-0.2, -0.15) is 0 Å². The summed E-state index contributed by atoms with van der Waals surface area (Å²) in [5, 5.41) is 2.63. The third-order valence-corrected chi connectivity index (χ3v) is 4.94. The monoisotopic (exact) mass is 403 g/mol. The molecule has 154 valence electrons. The number of piperazine rings is 1. The number of Topliss-reactive ketones (excluding diaryl/α,β-unsaturated/α-hetero) is 1. The molecule has 0 atom stereocenters. The van der Waals surface area contributed by atoms with Crippen LogP contribution in [-0.4, -0.2) is 48.7 Å². The lowest BCUT2D eigenvalue weighted by Crippen LogP contribution is -2.48. The molecule has 1 saturated heterocycles. The van der Waals surface area contributed by atoms with Crippen molar-refractivity contribution in [3.63, 3.8) is 0 Å². The molecular formula is C24H25N3O3. The first-order valence-corrected chi connectivity index (χ1v) is 9.89. The van der Waals surface area contributed by atoms with Gasteiger partial charge in [-0.25, -0.2) is 0 Å². The largest absolute Gasteiger partial charge is 0.368 e. The summed E-state index contributed by atoms with van der Waals surface area (Å²) in [6.45, 7) is 6.29. The van der Waals surface area contributed by atoms with E-state index in [0.29, 0.717) is 24.3 Å². The minimum Gasteiger partial charge on any atom is -0.368 e. The molecule has 6 nitrogen and oxygen atoms in total. The van der Waals surface area contributed by atoms with Crippen LogP contribution in [0.1, 0.15) is 16.8 Å². The molecule has 3 rings (SSSR count).